The minimum Gasteiger partial charge on any atom is -0.237 e. The van der Waals surface area contributed by atoms with Crippen molar-refractivity contribution in [2.45, 2.75) is 12.8 Å². The topological polar surface area (TPSA) is 25.8 Å². The van der Waals surface area contributed by atoms with Gasteiger partial charge in [0, 0.05) is 11.8 Å². The minimum atomic E-state index is 0.418. The zero-order valence-electron chi connectivity index (χ0n) is 8.44. The van der Waals surface area contributed by atoms with Crippen LogP contribution in [0.2, 0.25) is 0 Å². The standard InChI is InChI=1S/C12H11ClN2/c1-9-4-2-3-5-11(9)12-14-7-6-10(8-13)15-12/h2-7H,8H2,1H3. The fraction of sp³-hybridized carbons (Fsp3) is 0.167. The number of hydrogen-bond donors (Lipinski definition) is 0. The van der Waals surface area contributed by atoms with Crippen LogP contribution < -0.4 is 0 Å². The van der Waals surface area contributed by atoms with Crippen LogP contribution >= 0.6 is 11.6 Å². The van der Waals surface area contributed by atoms with Crippen LogP contribution in [0.25, 0.3) is 11.4 Å². The summed E-state index contributed by atoms with van der Waals surface area (Å²) in [4.78, 5) is 8.63. The highest BCUT2D eigenvalue weighted by Crippen LogP contribution is 2.19. The number of benzene rings is 1. The first-order chi connectivity index (χ1) is 7.31. The Morgan fingerprint density at radius 3 is 2.73 bits per heavy atom. The van der Waals surface area contributed by atoms with Crippen molar-refractivity contribution in [3.63, 3.8) is 0 Å². The molecular formula is C12H11ClN2. The maximum atomic E-state index is 5.74. The highest BCUT2D eigenvalue weighted by molar-refractivity contribution is 6.16. The van der Waals surface area contributed by atoms with Crippen LogP contribution in [-0.2, 0) is 5.88 Å². The number of nitrogens with zero attached hydrogens (tertiary/aromatic N) is 2. The van der Waals surface area contributed by atoms with E-state index < -0.39 is 0 Å². The first-order valence-electron chi connectivity index (χ1n) is 4.75. The molecule has 1 aromatic carbocycles. The summed E-state index contributed by atoms with van der Waals surface area (Å²) in [6.07, 6.45) is 1.74. The van der Waals surface area contributed by atoms with Crippen LogP contribution in [0.1, 0.15) is 11.3 Å². The molecule has 0 spiro atoms. The minimum absolute atomic E-state index is 0.418. The van der Waals surface area contributed by atoms with Crippen LogP contribution in [0.3, 0.4) is 0 Å². The third kappa shape index (κ3) is 2.16. The summed E-state index contributed by atoms with van der Waals surface area (Å²) in [5.74, 6) is 1.16. The van der Waals surface area contributed by atoms with Crippen molar-refractivity contribution in [3.8, 4) is 11.4 Å². The van der Waals surface area contributed by atoms with Gasteiger partial charge in [-0.15, -0.1) is 11.6 Å². The average Bonchev–Trinajstić information content (AvgIpc) is 2.30. The summed E-state index contributed by atoms with van der Waals surface area (Å²) < 4.78 is 0. The van der Waals surface area contributed by atoms with E-state index in [0.717, 1.165) is 17.1 Å². The fourth-order valence-electron chi connectivity index (χ4n) is 1.42. The molecule has 76 valence electrons. The molecule has 0 fully saturated rings. The molecule has 0 unspecified atom stereocenters. The van der Waals surface area contributed by atoms with E-state index >= 15 is 0 Å². The molecule has 0 radical (unpaired) electrons. The Morgan fingerprint density at radius 2 is 2.00 bits per heavy atom. The molecule has 15 heavy (non-hydrogen) atoms. The molecular weight excluding hydrogens is 208 g/mol. The summed E-state index contributed by atoms with van der Waals surface area (Å²) >= 11 is 5.74. The Balaban J connectivity index is 2.49. The molecule has 0 aliphatic carbocycles. The Bertz CT molecular complexity index is 469. The van der Waals surface area contributed by atoms with E-state index in [1.54, 1.807) is 6.20 Å². The predicted molar refractivity (Wildman–Crippen MR) is 61.8 cm³/mol. The van der Waals surface area contributed by atoms with E-state index in [9.17, 15) is 0 Å². The molecule has 1 heterocycles. The molecule has 0 aliphatic heterocycles. The van der Waals surface area contributed by atoms with Gasteiger partial charge < -0.3 is 0 Å². The van der Waals surface area contributed by atoms with Gasteiger partial charge >= 0.3 is 0 Å². The number of aryl methyl sites for hydroxylation is 1. The number of aromatic nitrogens is 2. The monoisotopic (exact) mass is 218 g/mol. The maximum Gasteiger partial charge on any atom is 0.159 e. The van der Waals surface area contributed by atoms with Gasteiger partial charge in [-0.3, -0.25) is 0 Å². The first-order valence-corrected chi connectivity index (χ1v) is 5.28. The van der Waals surface area contributed by atoms with Crippen molar-refractivity contribution in [1.29, 1.82) is 0 Å². The van der Waals surface area contributed by atoms with Gasteiger partial charge in [-0.05, 0) is 18.6 Å². The van der Waals surface area contributed by atoms with Crippen molar-refractivity contribution in [3.05, 3.63) is 47.8 Å². The quantitative estimate of drug-likeness (QED) is 0.724. The second-order valence-electron chi connectivity index (χ2n) is 3.32. The van der Waals surface area contributed by atoms with Gasteiger partial charge in [-0.1, -0.05) is 24.3 Å². The van der Waals surface area contributed by atoms with Gasteiger partial charge in [0.15, 0.2) is 5.82 Å². The number of halogens is 1. The fourth-order valence-corrected chi connectivity index (χ4v) is 1.57. The summed E-state index contributed by atoms with van der Waals surface area (Å²) in [7, 11) is 0. The highest BCUT2D eigenvalue weighted by atomic mass is 35.5. The second kappa shape index (κ2) is 4.41. The third-order valence-corrected chi connectivity index (χ3v) is 2.51. The molecule has 0 amide bonds. The van der Waals surface area contributed by atoms with Crippen molar-refractivity contribution in [2.24, 2.45) is 0 Å². The van der Waals surface area contributed by atoms with Crippen molar-refractivity contribution in [2.75, 3.05) is 0 Å². The lowest BCUT2D eigenvalue weighted by atomic mass is 10.1. The Morgan fingerprint density at radius 1 is 1.20 bits per heavy atom. The van der Waals surface area contributed by atoms with Gasteiger partial charge in [0.25, 0.3) is 0 Å². The summed E-state index contributed by atoms with van der Waals surface area (Å²) in [6.45, 7) is 2.05. The van der Waals surface area contributed by atoms with Crippen molar-refractivity contribution < 1.29 is 0 Å². The molecule has 3 heteroatoms. The Hall–Kier alpha value is -1.41. The average molecular weight is 219 g/mol. The van der Waals surface area contributed by atoms with E-state index in [-0.39, 0.29) is 0 Å². The summed E-state index contributed by atoms with van der Waals surface area (Å²) in [6, 6.07) is 9.88. The smallest absolute Gasteiger partial charge is 0.159 e. The lowest BCUT2D eigenvalue weighted by Crippen LogP contribution is -1.94. The Kier molecular flexibility index (Phi) is 2.97. The van der Waals surface area contributed by atoms with Crippen LogP contribution in [0.5, 0.6) is 0 Å². The molecule has 1 aromatic heterocycles. The maximum absolute atomic E-state index is 5.74. The lowest BCUT2D eigenvalue weighted by Gasteiger charge is -2.04. The number of alkyl halides is 1. The molecule has 2 nitrogen and oxygen atoms in total. The molecule has 0 saturated carbocycles. The molecule has 2 aromatic rings. The van der Waals surface area contributed by atoms with E-state index in [0.29, 0.717) is 5.88 Å². The number of rotatable bonds is 2. The van der Waals surface area contributed by atoms with Crippen molar-refractivity contribution >= 4 is 11.6 Å². The van der Waals surface area contributed by atoms with Gasteiger partial charge in [-0.25, -0.2) is 9.97 Å². The van der Waals surface area contributed by atoms with Crippen LogP contribution in [0.4, 0.5) is 0 Å². The lowest BCUT2D eigenvalue weighted by molar-refractivity contribution is 1.09. The van der Waals surface area contributed by atoms with E-state index in [1.807, 2.05) is 37.3 Å². The van der Waals surface area contributed by atoms with Gasteiger partial charge in [-0.2, -0.15) is 0 Å². The molecule has 0 N–H and O–H groups in total. The van der Waals surface area contributed by atoms with Gasteiger partial charge in [0.05, 0.1) is 11.6 Å². The molecule has 0 aliphatic rings. The normalized spacial score (nSPS) is 10.3. The van der Waals surface area contributed by atoms with Crippen LogP contribution in [0, 0.1) is 6.92 Å². The first kappa shape index (κ1) is 10.1. The molecule has 0 bridgehead atoms. The molecule has 0 atom stereocenters. The van der Waals surface area contributed by atoms with E-state index in [2.05, 4.69) is 9.97 Å². The molecule has 2 rings (SSSR count). The van der Waals surface area contributed by atoms with Gasteiger partial charge in [0.1, 0.15) is 0 Å². The largest absolute Gasteiger partial charge is 0.237 e. The SMILES string of the molecule is Cc1ccccc1-c1nccc(CCl)n1. The highest BCUT2D eigenvalue weighted by Gasteiger charge is 2.04. The van der Waals surface area contributed by atoms with Crippen LogP contribution in [-0.4, -0.2) is 9.97 Å². The number of hydrogen-bond acceptors (Lipinski definition) is 2. The summed E-state index contributed by atoms with van der Waals surface area (Å²) in [5, 5.41) is 0. The summed E-state index contributed by atoms with van der Waals surface area (Å²) in [5.41, 5.74) is 3.08. The second-order valence-corrected chi connectivity index (χ2v) is 3.59. The molecule has 0 saturated heterocycles. The third-order valence-electron chi connectivity index (χ3n) is 2.24. The van der Waals surface area contributed by atoms with E-state index in [4.69, 9.17) is 11.6 Å². The van der Waals surface area contributed by atoms with Crippen molar-refractivity contribution in [1.82, 2.24) is 9.97 Å². The van der Waals surface area contributed by atoms with E-state index in [1.165, 1.54) is 5.56 Å². The van der Waals surface area contributed by atoms with Gasteiger partial charge in [0.2, 0.25) is 0 Å². The predicted octanol–water partition coefficient (Wildman–Crippen LogP) is 3.19. The zero-order chi connectivity index (χ0) is 10.7. The zero-order valence-corrected chi connectivity index (χ0v) is 9.20. The van der Waals surface area contributed by atoms with Crippen LogP contribution in [0.15, 0.2) is 36.5 Å². The Labute approximate surface area is 94.0 Å².